The Balaban J connectivity index is 1.56. The minimum Gasteiger partial charge on any atom is -0.496 e. The van der Waals surface area contributed by atoms with Crippen LogP contribution < -0.4 is 15.0 Å². The van der Waals surface area contributed by atoms with Crippen LogP contribution in [-0.2, 0) is 16.0 Å². The lowest BCUT2D eigenvalue weighted by Crippen LogP contribution is -2.37. The quantitative estimate of drug-likeness (QED) is 0.748. The lowest BCUT2D eigenvalue weighted by atomic mass is 10.0. The van der Waals surface area contributed by atoms with Crippen molar-refractivity contribution in [3.8, 4) is 5.75 Å². The van der Waals surface area contributed by atoms with Crippen LogP contribution in [0.2, 0.25) is 0 Å². The molecule has 1 heterocycles. The van der Waals surface area contributed by atoms with Gasteiger partial charge in [-0.3, -0.25) is 9.59 Å². The maximum atomic E-state index is 12.7. The first kappa shape index (κ1) is 19.9. The molecule has 1 aliphatic rings. The normalized spacial score (nSPS) is 16.5. The molecule has 2 amide bonds. The van der Waals surface area contributed by atoms with Gasteiger partial charge in [-0.25, -0.2) is 0 Å². The van der Waals surface area contributed by atoms with Crippen molar-refractivity contribution >= 4 is 17.5 Å². The number of para-hydroxylation sites is 1. The molecular weight excluding hydrogens is 352 g/mol. The van der Waals surface area contributed by atoms with Gasteiger partial charge in [0.15, 0.2) is 0 Å². The van der Waals surface area contributed by atoms with Gasteiger partial charge in [0.2, 0.25) is 11.8 Å². The van der Waals surface area contributed by atoms with E-state index in [-0.39, 0.29) is 11.8 Å². The number of rotatable bonds is 7. The van der Waals surface area contributed by atoms with Crippen molar-refractivity contribution in [3.63, 3.8) is 0 Å². The molecule has 148 valence electrons. The summed E-state index contributed by atoms with van der Waals surface area (Å²) in [5.41, 5.74) is 3.13. The number of nitrogens with zero attached hydrogens (tertiary/aromatic N) is 1. The number of methoxy groups -OCH3 is 1. The Kier molecular flexibility index (Phi) is 6.34. The van der Waals surface area contributed by atoms with Gasteiger partial charge in [-0.05, 0) is 48.1 Å². The van der Waals surface area contributed by atoms with E-state index in [1.165, 1.54) is 5.56 Å². The zero-order chi connectivity index (χ0) is 20.1. The second-order valence-electron chi connectivity index (χ2n) is 7.43. The largest absolute Gasteiger partial charge is 0.496 e. The molecule has 0 bridgehead atoms. The van der Waals surface area contributed by atoms with Gasteiger partial charge in [0, 0.05) is 18.8 Å². The van der Waals surface area contributed by atoms with Gasteiger partial charge < -0.3 is 15.0 Å². The predicted molar refractivity (Wildman–Crippen MR) is 111 cm³/mol. The number of anilines is 1. The summed E-state index contributed by atoms with van der Waals surface area (Å²) in [6.07, 6.45) is 1.21. The van der Waals surface area contributed by atoms with E-state index in [2.05, 4.69) is 19.2 Å². The van der Waals surface area contributed by atoms with Crippen LogP contribution in [0.3, 0.4) is 0 Å². The second kappa shape index (κ2) is 8.91. The third kappa shape index (κ3) is 4.35. The first-order chi connectivity index (χ1) is 13.5. The maximum absolute atomic E-state index is 12.7. The number of amides is 2. The van der Waals surface area contributed by atoms with E-state index in [1.807, 2.05) is 48.5 Å². The summed E-state index contributed by atoms with van der Waals surface area (Å²) in [7, 11) is 1.64. The number of nitrogens with one attached hydrogen (secondary N) is 1. The molecule has 1 N–H and O–H groups in total. The van der Waals surface area contributed by atoms with Gasteiger partial charge in [-0.1, -0.05) is 44.2 Å². The molecule has 1 atom stereocenters. The molecule has 2 aromatic rings. The number of benzene rings is 2. The maximum Gasteiger partial charge on any atom is 0.239 e. The second-order valence-corrected chi connectivity index (χ2v) is 7.43. The molecule has 1 saturated heterocycles. The van der Waals surface area contributed by atoms with Crippen LogP contribution in [-0.4, -0.2) is 32.0 Å². The highest BCUT2D eigenvalue weighted by molar-refractivity contribution is 6.09. The van der Waals surface area contributed by atoms with Crippen molar-refractivity contribution in [2.75, 3.05) is 25.1 Å². The zero-order valence-electron chi connectivity index (χ0n) is 16.8. The van der Waals surface area contributed by atoms with Gasteiger partial charge in [-0.15, -0.1) is 0 Å². The van der Waals surface area contributed by atoms with Gasteiger partial charge in [0.05, 0.1) is 7.11 Å². The van der Waals surface area contributed by atoms with Gasteiger partial charge in [0.25, 0.3) is 0 Å². The molecule has 5 nitrogen and oxygen atoms in total. The van der Waals surface area contributed by atoms with E-state index in [0.29, 0.717) is 31.8 Å². The Morgan fingerprint density at radius 1 is 1.18 bits per heavy atom. The Labute approximate surface area is 166 Å². The molecule has 0 spiro atoms. The average Bonchev–Trinajstić information content (AvgIpc) is 3.09. The highest BCUT2D eigenvalue weighted by Gasteiger charge is 2.37. The van der Waals surface area contributed by atoms with E-state index >= 15 is 0 Å². The van der Waals surface area contributed by atoms with E-state index in [0.717, 1.165) is 17.0 Å². The lowest BCUT2D eigenvalue weighted by molar-refractivity contribution is -0.132. The predicted octanol–water partition coefficient (Wildman–Crippen LogP) is 3.53. The Hall–Kier alpha value is -2.82. The van der Waals surface area contributed by atoms with Crippen LogP contribution in [0.1, 0.15) is 37.3 Å². The Morgan fingerprint density at radius 2 is 1.89 bits per heavy atom. The lowest BCUT2D eigenvalue weighted by Gasteiger charge is -2.18. The SMILES string of the molecule is COc1ccccc1CCNC(=O)C1CCN(c2ccc(C(C)C)cc2)C1=O. The summed E-state index contributed by atoms with van der Waals surface area (Å²) in [4.78, 5) is 27.0. The molecule has 3 rings (SSSR count). The minimum atomic E-state index is -0.609. The van der Waals surface area contributed by atoms with E-state index in [9.17, 15) is 9.59 Å². The van der Waals surface area contributed by atoms with Crippen molar-refractivity contribution < 1.29 is 14.3 Å². The number of carbonyl (C=O) groups is 2. The van der Waals surface area contributed by atoms with E-state index in [1.54, 1.807) is 12.0 Å². The van der Waals surface area contributed by atoms with E-state index < -0.39 is 5.92 Å². The molecule has 1 unspecified atom stereocenters. The fourth-order valence-electron chi connectivity index (χ4n) is 3.57. The highest BCUT2D eigenvalue weighted by Crippen LogP contribution is 2.27. The Bertz CT molecular complexity index is 830. The van der Waals surface area contributed by atoms with Crippen molar-refractivity contribution in [3.05, 3.63) is 59.7 Å². The summed E-state index contributed by atoms with van der Waals surface area (Å²) < 4.78 is 5.33. The molecule has 1 aliphatic heterocycles. The molecular formula is C23H28N2O3. The fourth-order valence-corrected chi connectivity index (χ4v) is 3.57. The summed E-state index contributed by atoms with van der Waals surface area (Å²) in [6, 6.07) is 15.8. The molecule has 2 aromatic carbocycles. The zero-order valence-corrected chi connectivity index (χ0v) is 16.8. The molecule has 0 radical (unpaired) electrons. The van der Waals surface area contributed by atoms with Crippen LogP contribution in [0.4, 0.5) is 5.69 Å². The highest BCUT2D eigenvalue weighted by atomic mass is 16.5. The standard InChI is InChI=1S/C23H28N2O3/c1-16(2)17-8-10-19(11-9-17)25-15-13-20(23(25)27)22(26)24-14-12-18-6-4-5-7-21(18)28-3/h4-11,16,20H,12-15H2,1-3H3,(H,24,26). The van der Waals surface area contributed by atoms with Crippen molar-refractivity contribution in [1.29, 1.82) is 0 Å². The number of hydrogen-bond donors (Lipinski definition) is 1. The summed E-state index contributed by atoms with van der Waals surface area (Å²) in [5, 5.41) is 2.91. The summed E-state index contributed by atoms with van der Waals surface area (Å²) >= 11 is 0. The molecule has 0 saturated carbocycles. The Morgan fingerprint density at radius 3 is 2.57 bits per heavy atom. The topological polar surface area (TPSA) is 58.6 Å². The number of ether oxygens (including phenoxy) is 1. The average molecular weight is 380 g/mol. The van der Waals surface area contributed by atoms with Crippen LogP contribution in [0.5, 0.6) is 5.75 Å². The van der Waals surface area contributed by atoms with Crippen LogP contribution >= 0.6 is 0 Å². The number of hydrogen-bond acceptors (Lipinski definition) is 3. The first-order valence-electron chi connectivity index (χ1n) is 9.82. The van der Waals surface area contributed by atoms with Crippen LogP contribution in [0.15, 0.2) is 48.5 Å². The smallest absolute Gasteiger partial charge is 0.239 e. The summed E-state index contributed by atoms with van der Waals surface area (Å²) in [6.45, 7) is 5.33. The van der Waals surface area contributed by atoms with Crippen LogP contribution in [0, 0.1) is 5.92 Å². The van der Waals surface area contributed by atoms with E-state index in [4.69, 9.17) is 4.74 Å². The third-order valence-corrected chi connectivity index (χ3v) is 5.28. The van der Waals surface area contributed by atoms with Crippen LogP contribution in [0.25, 0.3) is 0 Å². The van der Waals surface area contributed by atoms with Crippen molar-refractivity contribution in [2.45, 2.75) is 32.6 Å². The van der Waals surface area contributed by atoms with Gasteiger partial charge >= 0.3 is 0 Å². The molecule has 0 aromatic heterocycles. The first-order valence-corrected chi connectivity index (χ1v) is 9.82. The monoisotopic (exact) mass is 380 g/mol. The molecule has 28 heavy (non-hydrogen) atoms. The molecule has 0 aliphatic carbocycles. The van der Waals surface area contributed by atoms with Crippen molar-refractivity contribution in [1.82, 2.24) is 5.32 Å². The fraction of sp³-hybridized carbons (Fsp3) is 0.391. The minimum absolute atomic E-state index is 0.118. The van der Waals surface area contributed by atoms with Crippen molar-refractivity contribution in [2.24, 2.45) is 5.92 Å². The molecule has 5 heteroatoms. The third-order valence-electron chi connectivity index (χ3n) is 5.28. The molecule has 1 fully saturated rings. The number of carbonyl (C=O) groups excluding carboxylic acids is 2. The summed E-state index contributed by atoms with van der Waals surface area (Å²) in [5.74, 6) is 0.338. The van der Waals surface area contributed by atoms with Gasteiger partial charge in [0.1, 0.15) is 11.7 Å². The van der Waals surface area contributed by atoms with Gasteiger partial charge in [-0.2, -0.15) is 0 Å².